The summed E-state index contributed by atoms with van der Waals surface area (Å²) >= 11 is 3.41. The van der Waals surface area contributed by atoms with E-state index in [2.05, 4.69) is 29.7 Å². The molecule has 2 heterocycles. The van der Waals surface area contributed by atoms with E-state index in [-0.39, 0.29) is 6.10 Å². The Hall–Kier alpha value is -2.25. The number of aromatic nitrogens is 2. The summed E-state index contributed by atoms with van der Waals surface area (Å²) in [4.78, 5) is 15.9. The summed E-state index contributed by atoms with van der Waals surface area (Å²) in [5.74, 6) is 0.629. The molecule has 0 saturated heterocycles. The molecular formula is C19H21N3O2S2. The monoisotopic (exact) mass is 387 g/mol. The lowest BCUT2D eigenvalue weighted by Gasteiger charge is -2.14. The zero-order valence-corrected chi connectivity index (χ0v) is 16.8. The van der Waals surface area contributed by atoms with Crippen molar-refractivity contribution in [3.8, 4) is 10.4 Å². The van der Waals surface area contributed by atoms with E-state index in [4.69, 9.17) is 4.74 Å². The van der Waals surface area contributed by atoms with Crippen molar-refractivity contribution in [1.29, 1.82) is 0 Å². The third kappa shape index (κ3) is 3.94. The molecule has 136 valence electrons. The van der Waals surface area contributed by atoms with E-state index in [0.29, 0.717) is 5.82 Å². The van der Waals surface area contributed by atoms with Crippen molar-refractivity contribution in [3.05, 3.63) is 53.0 Å². The first-order valence-corrected chi connectivity index (χ1v) is 10.2. The largest absolute Gasteiger partial charge is 0.441 e. The van der Waals surface area contributed by atoms with Crippen molar-refractivity contribution >= 4 is 35.0 Å². The first kappa shape index (κ1) is 18.5. The fourth-order valence-electron chi connectivity index (χ4n) is 2.65. The Balaban J connectivity index is 1.77. The number of benzene rings is 1. The predicted molar refractivity (Wildman–Crippen MR) is 108 cm³/mol. The molecule has 1 N–H and O–H groups in total. The van der Waals surface area contributed by atoms with Crippen LogP contribution >= 0.6 is 23.1 Å². The van der Waals surface area contributed by atoms with Crippen LogP contribution in [0.25, 0.3) is 10.4 Å². The van der Waals surface area contributed by atoms with Crippen LogP contribution < -0.4 is 5.32 Å². The third-order valence-electron chi connectivity index (χ3n) is 4.07. The van der Waals surface area contributed by atoms with E-state index in [1.807, 2.05) is 37.3 Å². The highest BCUT2D eigenvalue weighted by molar-refractivity contribution is 7.98. The van der Waals surface area contributed by atoms with Gasteiger partial charge in [-0.25, -0.2) is 4.79 Å². The lowest BCUT2D eigenvalue weighted by Crippen LogP contribution is -2.18. The van der Waals surface area contributed by atoms with Crippen LogP contribution in [0.15, 0.2) is 47.5 Å². The average molecular weight is 388 g/mol. The molecule has 0 radical (unpaired) electrons. The summed E-state index contributed by atoms with van der Waals surface area (Å²) in [6, 6.07) is 11.8. The molecule has 7 heteroatoms. The van der Waals surface area contributed by atoms with Crippen molar-refractivity contribution in [2.45, 2.75) is 24.8 Å². The SMILES string of the molecule is CSc1cc(-c2cnn(C)c2NC(=O)OC(C)c2ccccc2)sc1C. The predicted octanol–water partition coefficient (Wildman–Crippen LogP) is 5.49. The van der Waals surface area contributed by atoms with E-state index in [0.717, 1.165) is 16.0 Å². The quantitative estimate of drug-likeness (QED) is 0.588. The number of aryl methyl sites for hydroxylation is 2. The second-order valence-corrected chi connectivity index (χ2v) is 7.95. The van der Waals surface area contributed by atoms with Crippen LogP contribution in [0.1, 0.15) is 23.5 Å². The van der Waals surface area contributed by atoms with Gasteiger partial charge in [0.15, 0.2) is 0 Å². The molecule has 3 rings (SSSR count). The van der Waals surface area contributed by atoms with E-state index >= 15 is 0 Å². The minimum atomic E-state index is -0.496. The summed E-state index contributed by atoms with van der Waals surface area (Å²) in [5.41, 5.74) is 1.84. The van der Waals surface area contributed by atoms with Gasteiger partial charge < -0.3 is 4.74 Å². The molecule has 1 amide bonds. The van der Waals surface area contributed by atoms with Crippen LogP contribution in [0.3, 0.4) is 0 Å². The first-order chi connectivity index (χ1) is 12.5. The number of rotatable bonds is 5. The third-order valence-corrected chi connectivity index (χ3v) is 6.15. The van der Waals surface area contributed by atoms with Gasteiger partial charge in [0, 0.05) is 21.7 Å². The Morgan fingerprint density at radius 1 is 1.35 bits per heavy atom. The van der Waals surface area contributed by atoms with Gasteiger partial charge in [-0.1, -0.05) is 30.3 Å². The van der Waals surface area contributed by atoms with Crippen molar-refractivity contribution in [2.24, 2.45) is 7.05 Å². The zero-order chi connectivity index (χ0) is 18.7. The van der Waals surface area contributed by atoms with E-state index in [9.17, 15) is 4.79 Å². The van der Waals surface area contributed by atoms with Crippen LogP contribution in [0, 0.1) is 6.92 Å². The second kappa shape index (κ2) is 7.97. The lowest BCUT2D eigenvalue weighted by molar-refractivity contribution is 0.121. The summed E-state index contributed by atoms with van der Waals surface area (Å²) < 4.78 is 7.16. The van der Waals surface area contributed by atoms with Crippen molar-refractivity contribution in [1.82, 2.24) is 9.78 Å². The highest BCUT2D eigenvalue weighted by Crippen LogP contribution is 2.38. The number of carbonyl (C=O) groups excluding carboxylic acids is 1. The molecule has 0 bridgehead atoms. The Kier molecular flexibility index (Phi) is 5.68. The summed E-state index contributed by atoms with van der Waals surface area (Å²) in [7, 11) is 1.80. The molecule has 3 aromatic rings. The van der Waals surface area contributed by atoms with E-state index in [1.165, 1.54) is 9.77 Å². The molecule has 26 heavy (non-hydrogen) atoms. The fourth-order valence-corrected chi connectivity index (χ4v) is 4.54. The Morgan fingerprint density at radius 2 is 2.08 bits per heavy atom. The first-order valence-electron chi connectivity index (χ1n) is 8.19. The Labute approximate surface area is 161 Å². The average Bonchev–Trinajstić information content (AvgIpc) is 3.18. The van der Waals surface area contributed by atoms with Crippen molar-refractivity contribution in [2.75, 3.05) is 11.6 Å². The van der Waals surface area contributed by atoms with Gasteiger partial charge in [0.1, 0.15) is 11.9 Å². The number of carbonyl (C=O) groups is 1. The number of anilines is 1. The molecular weight excluding hydrogens is 366 g/mol. The van der Waals surface area contributed by atoms with E-state index in [1.54, 1.807) is 41.0 Å². The van der Waals surface area contributed by atoms with Crippen LogP contribution in [-0.4, -0.2) is 22.1 Å². The minimum Gasteiger partial charge on any atom is -0.441 e. The normalized spacial score (nSPS) is 12.0. The van der Waals surface area contributed by atoms with Gasteiger partial charge in [0.25, 0.3) is 0 Å². The molecule has 0 aliphatic carbocycles. The van der Waals surface area contributed by atoms with Gasteiger partial charge in [-0.2, -0.15) is 5.10 Å². The van der Waals surface area contributed by atoms with Crippen LogP contribution in [-0.2, 0) is 11.8 Å². The maximum atomic E-state index is 12.4. The Bertz CT molecular complexity index is 903. The van der Waals surface area contributed by atoms with Crippen molar-refractivity contribution in [3.63, 3.8) is 0 Å². The Morgan fingerprint density at radius 3 is 2.73 bits per heavy atom. The number of thioether (sulfide) groups is 1. The smallest absolute Gasteiger partial charge is 0.413 e. The van der Waals surface area contributed by atoms with Gasteiger partial charge in [-0.05, 0) is 31.7 Å². The number of amides is 1. The molecule has 0 saturated carbocycles. The van der Waals surface area contributed by atoms with Crippen LogP contribution in [0.5, 0.6) is 0 Å². The topological polar surface area (TPSA) is 56.2 Å². The molecule has 0 spiro atoms. The second-order valence-electron chi connectivity index (χ2n) is 5.85. The van der Waals surface area contributed by atoms with Gasteiger partial charge in [0.2, 0.25) is 0 Å². The number of ether oxygens (including phenoxy) is 1. The number of hydrogen-bond acceptors (Lipinski definition) is 5. The maximum absolute atomic E-state index is 12.4. The summed E-state index contributed by atoms with van der Waals surface area (Å²) in [5, 5.41) is 7.14. The molecule has 0 aliphatic heterocycles. The highest BCUT2D eigenvalue weighted by atomic mass is 32.2. The summed E-state index contributed by atoms with van der Waals surface area (Å²) in [6.45, 7) is 3.95. The fraction of sp³-hybridized carbons (Fsp3) is 0.263. The maximum Gasteiger partial charge on any atom is 0.413 e. The van der Waals surface area contributed by atoms with Gasteiger partial charge in [-0.15, -0.1) is 23.1 Å². The number of thiophene rings is 1. The van der Waals surface area contributed by atoms with Gasteiger partial charge >= 0.3 is 6.09 Å². The number of nitrogens with one attached hydrogen (secondary N) is 1. The van der Waals surface area contributed by atoms with E-state index < -0.39 is 6.09 Å². The zero-order valence-electron chi connectivity index (χ0n) is 15.1. The van der Waals surface area contributed by atoms with Gasteiger partial charge in [-0.3, -0.25) is 10.00 Å². The number of hydrogen-bond donors (Lipinski definition) is 1. The molecule has 1 atom stereocenters. The lowest BCUT2D eigenvalue weighted by atomic mass is 10.1. The van der Waals surface area contributed by atoms with Gasteiger partial charge in [0.05, 0.1) is 11.8 Å². The highest BCUT2D eigenvalue weighted by Gasteiger charge is 2.18. The molecule has 1 aromatic carbocycles. The summed E-state index contributed by atoms with van der Waals surface area (Å²) in [6.07, 6.45) is 3.00. The standard InChI is InChI=1S/C19H21N3O2S2/c1-12(14-8-6-5-7-9-14)24-19(23)21-18-15(11-20-22(18)3)17-10-16(25-4)13(2)26-17/h5-12H,1-4H3,(H,21,23). The minimum absolute atomic E-state index is 0.333. The van der Waals surface area contributed by atoms with Crippen LogP contribution in [0.4, 0.5) is 10.6 Å². The number of nitrogens with zero attached hydrogens (tertiary/aromatic N) is 2. The molecule has 2 aromatic heterocycles. The molecule has 5 nitrogen and oxygen atoms in total. The molecule has 1 unspecified atom stereocenters. The molecule has 0 fully saturated rings. The van der Waals surface area contributed by atoms with Crippen molar-refractivity contribution < 1.29 is 9.53 Å². The molecule has 0 aliphatic rings. The van der Waals surface area contributed by atoms with Crippen LogP contribution in [0.2, 0.25) is 0 Å².